The van der Waals surface area contributed by atoms with Crippen LogP contribution in [0.1, 0.15) is 42.1 Å². The summed E-state index contributed by atoms with van der Waals surface area (Å²) in [6, 6.07) is 7.33. The monoisotopic (exact) mass is 360 g/mol. The Morgan fingerprint density at radius 3 is 2.69 bits per heavy atom. The summed E-state index contributed by atoms with van der Waals surface area (Å²) in [5.74, 6) is 0.537. The second-order valence-corrected chi connectivity index (χ2v) is 6.44. The zero-order chi connectivity index (χ0) is 18.9. The fourth-order valence-electron chi connectivity index (χ4n) is 3.20. The Morgan fingerprint density at radius 2 is 2.08 bits per heavy atom. The van der Waals surface area contributed by atoms with Crippen molar-refractivity contribution >= 4 is 17.8 Å². The smallest absolute Gasteiger partial charge is 0.338 e. The SMILES string of the molecule is CCOC(=O)c1ccc(CNC(=NC)N2CCCC(CC(N)=O)C2)cc1. The molecule has 1 aromatic rings. The van der Waals surface area contributed by atoms with E-state index in [0.717, 1.165) is 37.5 Å². The van der Waals surface area contributed by atoms with Crippen LogP contribution in [0.25, 0.3) is 0 Å². The molecule has 0 aromatic heterocycles. The molecule has 1 amide bonds. The summed E-state index contributed by atoms with van der Waals surface area (Å²) in [5, 5.41) is 3.35. The van der Waals surface area contributed by atoms with Crippen LogP contribution < -0.4 is 11.1 Å². The number of amides is 1. The van der Waals surface area contributed by atoms with Crippen molar-refractivity contribution in [1.82, 2.24) is 10.2 Å². The van der Waals surface area contributed by atoms with Crippen LogP contribution in [0, 0.1) is 5.92 Å². The molecule has 2 rings (SSSR count). The second kappa shape index (κ2) is 9.79. The van der Waals surface area contributed by atoms with E-state index in [4.69, 9.17) is 10.5 Å². The summed E-state index contributed by atoms with van der Waals surface area (Å²) in [6.45, 7) is 4.45. The van der Waals surface area contributed by atoms with Gasteiger partial charge in [-0.25, -0.2) is 4.79 Å². The maximum Gasteiger partial charge on any atom is 0.338 e. The highest BCUT2D eigenvalue weighted by molar-refractivity contribution is 5.89. The van der Waals surface area contributed by atoms with Gasteiger partial charge < -0.3 is 20.7 Å². The van der Waals surface area contributed by atoms with Crippen LogP contribution in [-0.2, 0) is 16.1 Å². The quantitative estimate of drug-likeness (QED) is 0.455. The summed E-state index contributed by atoms with van der Waals surface area (Å²) in [4.78, 5) is 29.4. The van der Waals surface area contributed by atoms with Gasteiger partial charge in [-0.1, -0.05) is 12.1 Å². The average Bonchev–Trinajstić information content (AvgIpc) is 2.63. The average molecular weight is 360 g/mol. The zero-order valence-corrected chi connectivity index (χ0v) is 15.5. The van der Waals surface area contributed by atoms with E-state index in [1.165, 1.54) is 0 Å². The van der Waals surface area contributed by atoms with Crippen LogP contribution in [0.4, 0.5) is 0 Å². The molecular formula is C19H28N4O3. The molecule has 1 unspecified atom stereocenters. The molecule has 1 fully saturated rings. The first-order valence-electron chi connectivity index (χ1n) is 9.03. The van der Waals surface area contributed by atoms with E-state index in [-0.39, 0.29) is 17.8 Å². The molecule has 142 valence electrons. The van der Waals surface area contributed by atoms with Crippen LogP contribution >= 0.6 is 0 Å². The molecule has 1 aliphatic heterocycles. The molecule has 3 N–H and O–H groups in total. The summed E-state index contributed by atoms with van der Waals surface area (Å²) in [7, 11) is 1.75. The molecule has 1 heterocycles. The Hall–Kier alpha value is -2.57. The molecule has 1 saturated heterocycles. The van der Waals surface area contributed by atoms with Gasteiger partial charge in [-0.2, -0.15) is 0 Å². The Labute approximate surface area is 154 Å². The van der Waals surface area contributed by atoms with Crippen LogP contribution in [0.3, 0.4) is 0 Å². The van der Waals surface area contributed by atoms with Crippen LogP contribution in [0.2, 0.25) is 0 Å². The van der Waals surface area contributed by atoms with Gasteiger partial charge in [0.15, 0.2) is 5.96 Å². The van der Waals surface area contributed by atoms with Gasteiger partial charge in [-0.15, -0.1) is 0 Å². The number of likely N-dealkylation sites (tertiary alicyclic amines) is 1. The Morgan fingerprint density at radius 1 is 1.35 bits per heavy atom. The molecule has 1 aliphatic rings. The number of rotatable bonds is 6. The second-order valence-electron chi connectivity index (χ2n) is 6.44. The maximum atomic E-state index is 11.7. The molecule has 1 aromatic carbocycles. The molecule has 0 saturated carbocycles. The van der Waals surface area contributed by atoms with E-state index < -0.39 is 0 Å². The van der Waals surface area contributed by atoms with Crippen molar-refractivity contribution in [2.24, 2.45) is 16.6 Å². The number of primary amides is 1. The van der Waals surface area contributed by atoms with Crippen molar-refractivity contribution in [3.63, 3.8) is 0 Å². The van der Waals surface area contributed by atoms with Crippen LogP contribution in [0.5, 0.6) is 0 Å². The van der Waals surface area contributed by atoms with Crippen molar-refractivity contribution < 1.29 is 14.3 Å². The van der Waals surface area contributed by atoms with Crippen molar-refractivity contribution in [3.05, 3.63) is 35.4 Å². The third kappa shape index (κ3) is 5.75. The lowest BCUT2D eigenvalue weighted by molar-refractivity contribution is -0.119. The molecule has 0 spiro atoms. The molecule has 0 aliphatic carbocycles. The number of carbonyl (C=O) groups is 2. The minimum absolute atomic E-state index is 0.249. The van der Waals surface area contributed by atoms with Crippen LogP contribution in [0.15, 0.2) is 29.3 Å². The Balaban J connectivity index is 1.90. The Kier molecular flexibility index (Phi) is 7.44. The highest BCUT2D eigenvalue weighted by atomic mass is 16.5. The number of guanidine groups is 1. The number of benzene rings is 1. The largest absolute Gasteiger partial charge is 0.462 e. The topological polar surface area (TPSA) is 97.0 Å². The minimum Gasteiger partial charge on any atom is -0.462 e. The third-order valence-corrected chi connectivity index (χ3v) is 4.44. The molecule has 26 heavy (non-hydrogen) atoms. The van der Waals surface area contributed by atoms with Crippen molar-refractivity contribution in [3.8, 4) is 0 Å². The standard InChI is InChI=1S/C19H28N4O3/c1-3-26-18(25)16-8-6-14(7-9-16)12-22-19(21-2)23-10-4-5-15(13-23)11-17(20)24/h6-9,15H,3-5,10-13H2,1-2H3,(H2,20,24)(H,21,22). The number of aliphatic imine (C=N–C) groups is 1. The van der Waals surface area contributed by atoms with E-state index in [9.17, 15) is 9.59 Å². The van der Waals surface area contributed by atoms with E-state index >= 15 is 0 Å². The summed E-state index contributed by atoms with van der Waals surface area (Å²) in [5.41, 5.74) is 6.92. The lowest BCUT2D eigenvalue weighted by atomic mass is 9.95. The van der Waals surface area contributed by atoms with Crippen molar-refractivity contribution in [1.29, 1.82) is 0 Å². The first-order chi connectivity index (χ1) is 12.5. The van der Waals surface area contributed by atoms with Crippen molar-refractivity contribution in [2.75, 3.05) is 26.7 Å². The lowest BCUT2D eigenvalue weighted by Gasteiger charge is -2.34. The number of hydrogen-bond acceptors (Lipinski definition) is 4. The van der Waals surface area contributed by atoms with Gasteiger partial charge in [0.2, 0.25) is 5.91 Å². The predicted molar refractivity (Wildman–Crippen MR) is 101 cm³/mol. The predicted octanol–water partition coefficient (Wildman–Crippen LogP) is 1.53. The normalized spacial score (nSPS) is 17.7. The highest BCUT2D eigenvalue weighted by Gasteiger charge is 2.23. The number of nitrogens with zero attached hydrogens (tertiary/aromatic N) is 2. The van der Waals surface area contributed by atoms with E-state index in [1.807, 2.05) is 12.1 Å². The number of hydrogen-bond donors (Lipinski definition) is 2. The Bertz CT molecular complexity index is 643. The summed E-state index contributed by atoms with van der Waals surface area (Å²) in [6.07, 6.45) is 2.46. The number of carbonyl (C=O) groups excluding carboxylic acids is 2. The number of esters is 1. The van der Waals surface area contributed by atoms with Gasteiger partial charge in [0.1, 0.15) is 0 Å². The summed E-state index contributed by atoms with van der Waals surface area (Å²) < 4.78 is 4.99. The van der Waals surface area contributed by atoms with E-state index in [2.05, 4.69) is 15.2 Å². The number of piperidine rings is 1. The van der Waals surface area contributed by atoms with E-state index in [0.29, 0.717) is 25.1 Å². The van der Waals surface area contributed by atoms with Crippen molar-refractivity contribution in [2.45, 2.75) is 32.7 Å². The fourth-order valence-corrected chi connectivity index (χ4v) is 3.20. The van der Waals surface area contributed by atoms with E-state index in [1.54, 1.807) is 26.1 Å². The van der Waals surface area contributed by atoms with Crippen LogP contribution in [-0.4, -0.2) is 49.5 Å². The molecule has 0 bridgehead atoms. The maximum absolute atomic E-state index is 11.7. The number of ether oxygens (including phenoxy) is 1. The van der Waals surface area contributed by atoms with Gasteiger partial charge in [0.25, 0.3) is 0 Å². The van der Waals surface area contributed by atoms with Gasteiger partial charge in [0.05, 0.1) is 12.2 Å². The molecule has 0 radical (unpaired) electrons. The molecule has 1 atom stereocenters. The number of nitrogens with one attached hydrogen (secondary N) is 1. The van der Waals surface area contributed by atoms with Gasteiger partial charge >= 0.3 is 5.97 Å². The fraction of sp³-hybridized carbons (Fsp3) is 0.526. The zero-order valence-electron chi connectivity index (χ0n) is 15.5. The highest BCUT2D eigenvalue weighted by Crippen LogP contribution is 2.19. The molecule has 7 nitrogen and oxygen atoms in total. The number of nitrogens with two attached hydrogens (primary N) is 1. The first-order valence-corrected chi connectivity index (χ1v) is 9.03. The lowest BCUT2D eigenvalue weighted by Crippen LogP contribution is -2.46. The van der Waals surface area contributed by atoms with Gasteiger partial charge in [-0.3, -0.25) is 9.79 Å². The van der Waals surface area contributed by atoms with Gasteiger partial charge in [0, 0.05) is 33.1 Å². The molecule has 7 heteroatoms. The third-order valence-electron chi connectivity index (χ3n) is 4.44. The summed E-state index contributed by atoms with van der Waals surface area (Å²) >= 11 is 0. The minimum atomic E-state index is -0.309. The first kappa shape index (κ1) is 19.8. The molecular weight excluding hydrogens is 332 g/mol. The van der Waals surface area contributed by atoms with Gasteiger partial charge in [-0.05, 0) is 43.4 Å².